The van der Waals surface area contributed by atoms with E-state index in [1.165, 1.54) is 32.1 Å². The third-order valence-electron chi connectivity index (χ3n) is 17.6. The van der Waals surface area contributed by atoms with Crippen molar-refractivity contribution in [3.05, 3.63) is 108 Å². The number of nitrogens with one attached hydrogen (secondary N) is 1. The summed E-state index contributed by atoms with van der Waals surface area (Å²) in [5.41, 5.74) is 1.74. The van der Waals surface area contributed by atoms with Gasteiger partial charge in [0.2, 0.25) is 23.6 Å². The van der Waals surface area contributed by atoms with Crippen LogP contribution in [0, 0.1) is 16.2 Å². The summed E-state index contributed by atoms with van der Waals surface area (Å²) >= 11 is 0. The Bertz CT molecular complexity index is 2600. The highest BCUT2D eigenvalue weighted by molar-refractivity contribution is 5.93. The SMILES string of the molecule is CCC(C)(C)C(=O)NCCN1CCN(C(=O)/C=C/c2ccc(OC)cc2)CC1.CCC(C)(C)C(=O)OCCN1CCN(C(=O)/C=C/c2ccc(OC)cc2)CC1.CCCCCCCCOc1ccc(/C=C/C(=O)N2CCN(CCOC(=O)C(C)(C)CC)CC2)cc1. The number of hydrogen-bond acceptors (Lipinski definition) is 14. The highest BCUT2D eigenvalue weighted by Gasteiger charge is 2.30. The standard InChI is InChI=1S/C29H46N2O4.C22H33N3O3.C22H32N2O4/c1-5-7-8-9-10-11-23-34-26-15-12-25(13-16-26)14-17-27(32)31-20-18-30(19-21-31)22-24-35-28(33)29(3,4)6-2;1-5-22(2,3)21(27)23-12-13-24-14-16-25(17-15-24)20(26)11-8-18-6-9-19(28-4)10-7-18;1-5-22(2,3)21(26)28-17-16-23-12-14-24(15-13-23)20(25)11-8-18-6-9-19(27-4)10-7-18/h12-17H,5-11,18-24H2,1-4H3;6-11H,5,12-17H2,1-4H3,(H,23,27);6-11H,5,12-17H2,1-4H3/b17-14+;2*11-8+. The zero-order valence-electron chi connectivity index (χ0n) is 57.4. The summed E-state index contributed by atoms with van der Waals surface area (Å²) in [5, 5.41) is 3.02. The number of amides is 4. The number of rotatable bonds is 31. The van der Waals surface area contributed by atoms with Crippen LogP contribution in [-0.2, 0) is 38.2 Å². The van der Waals surface area contributed by atoms with E-state index in [9.17, 15) is 28.8 Å². The highest BCUT2D eigenvalue weighted by atomic mass is 16.5. The molecule has 3 aliphatic rings. The second kappa shape index (κ2) is 40.8. The maximum atomic E-state index is 12.6. The largest absolute Gasteiger partial charge is 0.497 e. The van der Waals surface area contributed by atoms with Crippen LogP contribution in [0.3, 0.4) is 0 Å². The average Bonchev–Trinajstić information content (AvgIpc) is 3.57. The minimum Gasteiger partial charge on any atom is -0.497 e. The normalized spacial score (nSPS) is 15.4. The van der Waals surface area contributed by atoms with E-state index in [2.05, 4.69) is 26.9 Å². The van der Waals surface area contributed by atoms with Crippen LogP contribution in [-0.4, -0.2) is 204 Å². The smallest absolute Gasteiger partial charge is 0.311 e. The molecule has 0 saturated carbocycles. The molecule has 3 heterocycles. The molecule has 18 nitrogen and oxygen atoms in total. The Morgan fingerprint density at radius 3 is 1.09 bits per heavy atom. The Morgan fingerprint density at radius 2 is 0.747 bits per heavy atom. The molecule has 0 unspecified atom stereocenters. The summed E-state index contributed by atoms with van der Waals surface area (Å²) in [6, 6.07) is 23.1. The van der Waals surface area contributed by atoms with Gasteiger partial charge in [-0.15, -0.1) is 0 Å². The van der Waals surface area contributed by atoms with Crippen molar-refractivity contribution >= 4 is 53.8 Å². The van der Waals surface area contributed by atoms with Gasteiger partial charge in [-0.3, -0.25) is 43.5 Å². The number of piperazine rings is 3. The maximum Gasteiger partial charge on any atom is 0.311 e. The van der Waals surface area contributed by atoms with Gasteiger partial charge in [0.05, 0.1) is 31.7 Å². The summed E-state index contributed by atoms with van der Waals surface area (Å²) in [6.45, 7) is 33.2. The van der Waals surface area contributed by atoms with E-state index in [0.29, 0.717) is 72.1 Å². The van der Waals surface area contributed by atoms with Gasteiger partial charge in [0.25, 0.3) is 0 Å². The number of benzene rings is 3. The van der Waals surface area contributed by atoms with Crippen molar-refractivity contribution in [2.75, 3.05) is 139 Å². The van der Waals surface area contributed by atoms with E-state index < -0.39 is 10.8 Å². The molecule has 91 heavy (non-hydrogen) atoms. The molecular formula is C73H111N7O11. The predicted octanol–water partition coefficient (Wildman–Crippen LogP) is 10.8. The minimum atomic E-state index is -0.432. The number of methoxy groups -OCH3 is 2. The molecule has 3 aliphatic heterocycles. The molecule has 3 fully saturated rings. The number of esters is 2. The molecule has 6 rings (SSSR count). The van der Waals surface area contributed by atoms with E-state index in [-0.39, 0.29) is 41.0 Å². The molecule has 0 aliphatic carbocycles. The molecule has 3 saturated heterocycles. The van der Waals surface area contributed by atoms with Crippen LogP contribution in [0.2, 0.25) is 0 Å². The summed E-state index contributed by atoms with van der Waals surface area (Å²) in [7, 11) is 3.26. The Labute approximate surface area is 545 Å². The Hall–Kier alpha value is -7.02. The second-order valence-electron chi connectivity index (χ2n) is 25.5. The Kier molecular flexibility index (Phi) is 34.2. The van der Waals surface area contributed by atoms with Gasteiger partial charge in [0.15, 0.2) is 0 Å². The van der Waals surface area contributed by atoms with Gasteiger partial charge in [-0.25, -0.2) is 0 Å². The van der Waals surface area contributed by atoms with Crippen LogP contribution >= 0.6 is 0 Å². The summed E-state index contributed by atoms with van der Waals surface area (Å²) < 4.78 is 26.9. The lowest BCUT2D eigenvalue weighted by atomic mass is 9.89. The fourth-order valence-corrected chi connectivity index (χ4v) is 9.51. The molecule has 0 aromatic heterocycles. The third kappa shape index (κ3) is 28.6. The number of ether oxygens (including phenoxy) is 5. The lowest BCUT2D eigenvalue weighted by molar-refractivity contribution is -0.155. The zero-order valence-corrected chi connectivity index (χ0v) is 57.4. The molecule has 3 aromatic carbocycles. The van der Waals surface area contributed by atoms with Gasteiger partial charge in [-0.05, 0) is 125 Å². The fraction of sp³-hybridized carbons (Fsp3) is 0.589. The molecule has 1 N–H and O–H groups in total. The topological polar surface area (TPSA) is 180 Å². The second-order valence-corrected chi connectivity index (χ2v) is 25.5. The maximum absolute atomic E-state index is 12.6. The van der Waals surface area contributed by atoms with Crippen molar-refractivity contribution in [3.63, 3.8) is 0 Å². The van der Waals surface area contributed by atoms with Crippen LogP contribution in [0.15, 0.2) is 91.0 Å². The van der Waals surface area contributed by atoms with E-state index >= 15 is 0 Å². The molecule has 0 atom stereocenters. The molecule has 504 valence electrons. The molecule has 0 spiro atoms. The minimum absolute atomic E-state index is 0.0200. The predicted molar refractivity (Wildman–Crippen MR) is 365 cm³/mol. The number of carbonyl (C=O) groups is 6. The lowest BCUT2D eigenvalue weighted by Gasteiger charge is -2.34. The van der Waals surface area contributed by atoms with Gasteiger partial charge >= 0.3 is 11.9 Å². The summed E-state index contributed by atoms with van der Waals surface area (Å²) in [5.74, 6) is 2.38. The Balaban J connectivity index is 0.000000294. The van der Waals surface area contributed by atoms with E-state index in [4.69, 9.17) is 23.7 Å². The number of nitrogens with zero attached hydrogens (tertiary/aromatic N) is 6. The van der Waals surface area contributed by atoms with Gasteiger partial charge in [0, 0.05) is 128 Å². The van der Waals surface area contributed by atoms with E-state index in [1.807, 2.05) is 168 Å². The quantitative estimate of drug-likeness (QED) is 0.0365. The monoisotopic (exact) mass is 1260 g/mol. The van der Waals surface area contributed by atoms with Crippen molar-refractivity contribution < 1.29 is 52.5 Å². The van der Waals surface area contributed by atoms with Gasteiger partial charge in [0.1, 0.15) is 30.5 Å². The first-order valence-corrected chi connectivity index (χ1v) is 33.3. The number of carbonyl (C=O) groups excluding carboxylic acids is 6. The number of hydrogen-bond donors (Lipinski definition) is 1. The summed E-state index contributed by atoms with van der Waals surface area (Å²) in [4.78, 5) is 85.9. The van der Waals surface area contributed by atoms with Crippen molar-refractivity contribution in [2.24, 2.45) is 16.2 Å². The first-order chi connectivity index (χ1) is 43.6. The molecule has 4 amide bonds. The molecule has 18 heteroatoms. The first-order valence-electron chi connectivity index (χ1n) is 33.3. The van der Waals surface area contributed by atoms with Crippen LogP contribution in [0.5, 0.6) is 17.2 Å². The molecule has 0 radical (unpaired) electrons. The van der Waals surface area contributed by atoms with E-state index in [0.717, 1.165) is 112 Å². The average molecular weight is 1260 g/mol. The van der Waals surface area contributed by atoms with Crippen molar-refractivity contribution in [3.8, 4) is 17.2 Å². The van der Waals surface area contributed by atoms with Gasteiger partial charge in [-0.2, -0.15) is 0 Å². The fourth-order valence-electron chi connectivity index (χ4n) is 9.51. The van der Waals surface area contributed by atoms with Crippen LogP contribution in [0.25, 0.3) is 18.2 Å². The van der Waals surface area contributed by atoms with Crippen LogP contribution in [0.4, 0.5) is 0 Å². The summed E-state index contributed by atoms with van der Waals surface area (Å²) in [6.07, 6.45) is 20.3. The Morgan fingerprint density at radius 1 is 0.418 bits per heavy atom. The van der Waals surface area contributed by atoms with Gasteiger partial charge < -0.3 is 43.7 Å². The van der Waals surface area contributed by atoms with Crippen molar-refractivity contribution in [1.82, 2.24) is 34.7 Å². The molecular weight excluding hydrogens is 1150 g/mol. The van der Waals surface area contributed by atoms with E-state index in [1.54, 1.807) is 32.4 Å². The van der Waals surface area contributed by atoms with Crippen molar-refractivity contribution in [2.45, 2.75) is 127 Å². The zero-order chi connectivity index (χ0) is 66.7. The highest BCUT2D eigenvalue weighted by Crippen LogP contribution is 2.24. The lowest BCUT2D eigenvalue weighted by Crippen LogP contribution is -2.50. The molecule has 3 aromatic rings. The third-order valence-corrected chi connectivity index (χ3v) is 17.6. The van der Waals surface area contributed by atoms with Crippen LogP contribution in [0.1, 0.15) is 144 Å². The van der Waals surface area contributed by atoms with Gasteiger partial charge in [-0.1, -0.05) is 110 Å². The first kappa shape index (κ1) is 76.4. The van der Waals surface area contributed by atoms with Crippen molar-refractivity contribution in [1.29, 1.82) is 0 Å². The number of unbranched alkanes of at least 4 members (excludes halogenated alkanes) is 5. The molecule has 0 bridgehead atoms. The van der Waals surface area contributed by atoms with Crippen LogP contribution < -0.4 is 19.5 Å².